The monoisotopic (exact) mass is 429 g/mol. The Morgan fingerprint density at radius 3 is 2.65 bits per heavy atom. The summed E-state index contributed by atoms with van der Waals surface area (Å²) < 4.78 is 11.1. The van der Waals surface area contributed by atoms with Crippen LogP contribution in [0.4, 0.5) is 5.69 Å². The third-order valence-corrected chi connectivity index (χ3v) is 6.63. The lowest BCUT2D eigenvalue weighted by Crippen LogP contribution is -2.17. The predicted octanol–water partition coefficient (Wildman–Crippen LogP) is 5.87. The molecule has 5 nitrogen and oxygen atoms in total. The summed E-state index contributed by atoms with van der Waals surface area (Å²) in [6.07, 6.45) is 0.427. The highest BCUT2D eigenvalue weighted by Crippen LogP contribution is 2.48. The zero-order valence-corrected chi connectivity index (χ0v) is 17.6. The van der Waals surface area contributed by atoms with Crippen molar-refractivity contribution in [2.24, 2.45) is 4.99 Å². The number of fused-ring (bicyclic) bond motifs is 2. The number of methoxy groups -OCH3 is 1. The van der Waals surface area contributed by atoms with Gasteiger partial charge >= 0.3 is 5.63 Å². The van der Waals surface area contributed by atoms with Crippen LogP contribution in [0.1, 0.15) is 22.8 Å². The van der Waals surface area contributed by atoms with E-state index in [-0.39, 0.29) is 16.6 Å². The molecular formula is C25H19NO4S. The molecule has 0 aliphatic carbocycles. The number of para-hydroxylation sites is 3. The second-order valence-corrected chi connectivity index (χ2v) is 8.43. The number of ether oxygens (including phenoxy) is 1. The van der Waals surface area contributed by atoms with Crippen LogP contribution >= 0.6 is 11.8 Å². The predicted molar refractivity (Wildman–Crippen MR) is 123 cm³/mol. The maximum Gasteiger partial charge on any atom is 0.349 e. The van der Waals surface area contributed by atoms with Gasteiger partial charge in [-0.25, -0.2) is 4.79 Å². The molecule has 5 rings (SSSR count). The summed E-state index contributed by atoms with van der Waals surface area (Å²) in [5.74, 6) is 0.669. The molecule has 1 aromatic heterocycles. The minimum Gasteiger partial charge on any atom is -0.506 e. The van der Waals surface area contributed by atoms with Gasteiger partial charge in [0.1, 0.15) is 22.6 Å². The van der Waals surface area contributed by atoms with Crippen LogP contribution in [-0.2, 0) is 0 Å². The van der Waals surface area contributed by atoms with Crippen molar-refractivity contribution in [1.29, 1.82) is 0 Å². The summed E-state index contributed by atoms with van der Waals surface area (Å²) in [6, 6.07) is 22.6. The molecular weight excluding hydrogens is 410 g/mol. The smallest absolute Gasteiger partial charge is 0.349 e. The fourth-order valence-corrected chi connectivity index (χ4v) is 5.12. The van der Waals surface area contributed by atoms with Crippen molar-refractivity contribution in [2.75, 3.05) is 7.11 Å². The number of aliphatic imine (C=N–C) groups is 1. The molecule has 0 fully saturated rings. The summed E-state index contributed by atoms with van der Waals surface area (Å²) in [4.78, 5) is 18.7. The van der Waals surface area contributed by atoms with E-state index in [1.807, 2.05) is 48.5 Å². The van der Waals surface area contributed by atoms with Gasteiger partial charge in [-0.2, -0.15) is 0 Å². The first-order chi connectivity index (χ1) is 15.2. The largest absolute Gasteiger partial charge is 0.506 e. The topological polar surface area (TPSA) is 72.0 Å². The molecule has 31 heavy (non-hydrogen) atoms. The molecule has 4 aromatic rings. The van der Waals surface area contributed by atoms with E-state index in [0.29, 0.717) is 23.1 Å². The van der Waals surface area contributed by atoms with Gasteiger partial charge in [0.15, 0.2) is 0 Å². The van der Waals surface area contributed by atoms with Gasteiger partial charge in [0.25, 0.3) is 0 Å². The molecule has 0 bridgehead atoms. The van der Waals surface area contributed by atoms with Crippen molar-refractivity contribution in [3.05, 3.63) is 94.3 Å². The molecule has 154 valence electrons. The van der Waals surface area contributed by atoms with Crippen LogP contribution in [0.2, 0.25) is 0 Å². The number of benzene rings is 3. The van der Waals surface area contributed by atoms with Gasteiger partial charge in [-0.3, -0.25) is 4.99 Å². The van der Waals surface area contributed by atoms with Gasteiger partial charge in [-0.15, -0.1) is 11.8 Å². The van der Waals surface area contributed by atoms with Crippen LogP contribution in [0.3, 0.4) is 0 Å². The quantitative estimate of drug-likeness (QED) is 0.413. The van der Waals surface area contributed by atoms with Crippen molar-refractivity contribution >= 4 is 34.1 Å². The Morgan fingerprint density at radius 1 is 1.03 bits per heavy atom. The average Bonchev–Trinajstić information content (AvgIpc) is 2.98. The first-order valence-corrected chi connectivity index (χ1v) is 10.7. The highest BCUT2D eigenvalue weighted by molar-refractivity contribution is 7.99. The van der Waals surface area contributed by atoms with Crippen molar-refractivity contribution in [2.45, 2.75) is 16.6 Å². The van der Waals surface area contributed by atoms with Gasteiger partial charge in [0.2, 0.25) is 0 Å². The molecule has 2 heterocycles. The molecule has 1 aliphatic rings. The lowest BCUT2D eigenvalue weighted by atomic mass is 10.00. The van der Waals surface area contributed by atoms with E-state index in [0.717, 1.165) is 21.9 Å². The molecule has 0 saturated carbocycles. The average molecular weight is 429 g/mol. The second kappa shape index (κ2) is 7.96. The van der Waals surface area contributed by atoms with Gasteiger partial charge < -0.3 is 14.3 Å². The molecule has 6 heteroatoms. The Hall–Kier alpha value is -3.51. The first kappa shape index (κ1) is 19.5. The van der Waals surface area contributed by atoms with Crippen molar-refractivity contribution < 1.29 is 14.3 Å². The summed E-state index contributed by atoms with van der Waals surface area (Å²) in [5, 5.41) is 11.4. The fourth-order valence-electron chi connectivity index (χ4n) is 3.86. The summed E-state index contributed by atoms with van der Waals surface area (Å²) in [7, 11) is 1.65. The van der Waals surface area contributed by atoms with E-state index < -0.39 is 5.63 Å². The zero-order valence-electron chi connectivity index (χ0n) is 16.7. The lowest BCUT2D eigenvalue weighted by molar-refractivity contribution is 0.409. The highest BCUT2D eigenvalue weighted by Gasteiger charge is 2.28. The van der Waals surface area contributed by atoms with Crippen molar-refractivity contribution in [3.63, 3.8) is 0 Å². The van der Waals surface area contributed by atoms with E-state index in [1.165, 1.54) is 0 Å². The van der Waals surface area contributed by atoms with Crippen LogP contribution in [0.5, 0.6) is 11.5 Å². The Bertz CT molecular complexity index is 1380. The van der Waals surface area contributed by atoms with E-state index >= 15 is 0 Å². The molecule has 0 amide bonds. The molecule has 1 atom stereocenters. The van der Waals surface area contributed by atoms with Crippen LogP contribution in [-0.4, -0.2) is 17.9 Å². The standard InChI is InChI=1S/C25H19NO4S/c1-29-19-11-5-2-8-15(19)22-14-18(26-17-10-4-7-13-21(17)31-22)23-24(27)16-9-3-6-12-20(16)30-25(23)28/h2-13,22,27H,14H2,1H3. The molecule has 0 saturated heterocycles. The maximum absolute atomic E-state index is 12.9. The summed E-state index contributed by atoms with van der Waals surface area (Å²) in [6.45, 7) is 0. The number of aromatic hydroxyl groups is 1. The SMILES string of the molecule is COc1ccccc1C1CC(c2c(O)c3ccccc3oc2=O)=Nc2ccccc2S1. The lowest BCUT2D eigenvalue weighted by Gasteiger charge is -2.19. The normalized spacial score (nSPS) is 15.8. The van der Waals surface area contributed by atoms with E-state index in [9.17, 15) is 9.90 Å². The van der Waals surface area contributed by atoms with Gasteiger partial charge in [0, 0.05) is 22.1 Å². The summed E-state index contributed by atoms with van der Waals surface area (Å²) >= 11 is 1.67. The van der Waals surface area contributed by atoms with Crippen LogP contribution < -0.4 is 10.4 Å². The minimum atomic E-state index is -0.599. The second-order valence-electron chi connectivity index (χ2n) is 7.19. The Balaban J connectivity index is 1.72. The molecule has 1 unspecified atom stereocenters. The number of thioether (sulfide) groups is 1. The number of rotatable bonds is 3. The van der Waals surface area contributed by atoms with Crippen molar-refractivity contribution in [3.8, 4) is 11.5 Å². The van der Waals surface area contributed by atoms with Gasteiger partial charge in [-0.05, 0) is 30.3 Å². The van der Waals surface area contributed by atoms with E-state index in [4.69, 9.17) is 14.1 Å². The van der Waals surface area contributed by atoms with Gasteiger partial charge in [-0.1, -0.05) is 42.5 Å². The molecule has 1 N–H and O–H groups in total. The highest BCUT2D eigenvalue weighted by atomic mass is 32.2. The Kier molecular flexibility index (Phi) is 5.00. The van der Waals surface area contributed by atoms with Gasteiger partial charge in [0.05, 0.1) is 23.9 Å². The minimum absolute atomic E-state index is 0.0659. The number of hydrogen-bond acceptors (Lipinski definition) is 6. The third kappa shape index (κ3) is 3.49. The molecule has 1 aliphatic heterocycles. The molecule has 3 aromatic carbocycles. The fraction of sp³-hybridized carbons (Fsp3) is 0.120. The Morgan fingerprint density at radius 2 is 1.77 bits per heavy atom. The molecule has 0 radical (unpaired) electrons. The Labute approximate surface area is 183 Å². The summed E-state index contributed by atoms with van der Waals surface area (Å²) in [5.41, 5.74) is 2.11. The zero-order chi connectivity index (χ0) is 21.4. The van der Waals surface area contributed by atoms with E-state index in [2.05, 4.69) is 0 Å². The van der Waals surface area contributed by atoms with Crippen molar-refractivity contribution in [1.82, 2.24) is 0 Å². The number of hydrogen-bond donors (Lipinski definition) is 1. The van der Waals surface area contributed by atoms with Crippen LogP contribution in [0.15, 0.2) is 91.9 Å². The third-order valence-electron chi connectivity index (χ3n) is 5.33. The first-order valence-electron chi connectivity index (χ1n) is 9.87. The maximum atomic E-state index is 12.9. The van der Waals surface area contributed by atoms with E-state index in [1.54, 1.807) is 43.1 Å². The van der Waals surface area contributed by atoms with Crippen LogP contribution in [0.25, 0.3) is 11.0 Å². The van der Waals surface area contributed by atoms with Crippen LogP contribution in [0, 0.1) is 0 Å². The number of nitrogens with zero attached hydrogens (tertiary/aromatic N) is 1. The molecule has 0 spiro atoms.